The molecule has 0 radical (unpaired) electrons. The van der Waals surface area contributed by atoms with Crippen LogP contribution in [0.1, 0.15) is 24.4 Å². The first-order valence-corrected chi connectivity index (χ1v) is 5.01. The van der Waals surface area contributed by atoms with Crippen LogP contribution in [-0.4, -0.2) is 24.6 Å². The molecular weight excluding hydrogens is 200 g/mol. The van der Waals surface area contributed by atoms with Crippen molar-refractivity contribution < 1.29 is 0 Å². The predicted octanol–water partition coefficient (Wildman–Crippen LogP) is 0.198. The Bertz CT molecular complexity index is 392. The number of nitrogens with two attached hydrogens (primary N) is 1. The van der Waals surface area contributed by atoms with E-state index in [-0.39, 0.29) is 6.04 Å². The Morgan fingerprint density at radius 3 is 3.14 bits per heavy atom. The highest BCUT2D eigenvalue weighted by atomic mass is 32.1. The fourth-order valence-electron chi connectivity index (χ4n) is 1.15. The molecule has 74 valence electrons. The van der Waals surface area contributed by atoms with Gasteiger partial charge in [0.15, 0.2) is 0 Å². The number of rotatable bonds is 3. The Morgan fingerprint density at radius 2 is 2.50 bits per heavy atom. The number of hydrogen-bond acceptors (Lipinski definition) is 6. The quantitative estimate of drug-likeness (QED) is 0.782. The van der Waals surface area contributed by atoms with Crippen LogP contribution in [0.25, 0.3) is 0 Å². The lowest BCUT2D eigenvalue weighted by Crippen LogP contribution is -2.14. The lowest BCUT2D eigenvalue weighted by Gasteiger charge is -2.06. The molecule has 0 fully saturated rings. The van der Waals surface area contributed by atoms with Gasteiger partial charge in [-0.15, -0.1) is 10.2 Å². The SMILES string of the molecule is C[C@@H](N)c1cnnn1Cc1csnn1. The molecular formula is C7H10N6S. The summed E-state index contributed by atoms with van der Waals surface area (Å²) in [5, 5.41) is 13.6. The van der Waals surface area contributed by atoms with Gasteiger partial charge in [-0.1, -0.05) is 9.70 Å². The summed E-state index contributed by atoms with van der Waals surface area (Å²) in [5.41, 5.74) is 7.53. The summed E-state index contributed by atoms with van der Waals surface area (Å²) < 4.78 is 5.51. The first-order valence-electron chi connectivity index (χ1n) is 4.17. The molecule has 2 heterocycles. The molecule has 2 aromatic heterocycles. The van der Waals surface area contributed by atoms with E-state index in [0.29, 0.717) is 6.54 Å². The molecule has 0 aliphatic carbocycles. The maximum atomic E-state index is 5.75. The van der Waals surface area contributed by atoms with Crippen LogP contribution in [-0.2, 0) is 6.54 Å². The second-order valence-electron chi connectivity index (χ2n) is 3.00. The highest BCUT2D eigenvalue weighted by Gasteiger charge is 2.09. The van der Waals surface area contributed by atoms with Crippen molar-refractivity contribution in [1.29, 1.82) is 0 Å². The minimum Gasteiger partial charge on any atom is -0.323 e. The fraction of sp³-hybridized carbons (Fsp3) is 0.429. The van der Waals surface area contributed by atoms with Gasteiger partial charge in [-0.05, 0) is 18.5 Å². The van der Waals surface area contributed by atoms with Gasteiger partial charge in [-0.2, -0.15) is 0 Å². The number of hydrogen-bond donors (Lipinski definition) is 1. The molecule has 0 spiro atoms. The maximum absolute atomic E-state index is 5.75. The van der Waals surface area contributed by atoms with Crippen LogP contribution in [0, 0.1) is 0 Å². The van der Waals surface area contributed by atoms with E-state index in [9.17, 15) is 0 Å². The Morgan fingerprint density at radius 1 is 1.64 bits per heavy atom. The summed E-state index contributed by atoms with van der Waals surface area (Å²) in [4.78, 5) is 0. The number of nitrogens with zero attached hydrogens (tertiary/aromatic N) is 5. The summed E-state index contributed by atoms with van der Waals surface area (Å²) in [6.45, 7) is 2.47. The van der Waals surface area contributed by atoms with Crippen molar-refractivity contribution >= 4 is 11.5 Å². The zero-order chi connectivity index (χ0) is 9.97. The van der Waals surface area contributed by atoms with Gasteiger partial charge in [0.2, 0.25) is 0 Å². The van der Waals surface area contributed by atoms with Crippen LogP contribution in [0.2, 0.25) is 0 Å². The van der Waals surface area contributed by atoms with Crippen LogP contribution in [0.4, 0.5) is 0 Å². The minimum atomic E-state index is -0.0726. The van der Waals surface area contributed by atoms with E-state index in [0.717, 1.165) is 11.4 Å². The molecule has 2 aromatic rings. The smallest absolute Gasteiger partial charge is 0.0971 e. The summed E-state index contributed by atoms with van der Waals surface area (Å²) in [7, 11) is 0. The molecule has 0 aliphatic rings. The van der Waals surface area contributed by atoms with Gasteiger partial charge in [0.05, 0.1) is 24.1 Å². The highest BCUT2D eigenvalue weighted by Crippen LogP contribution is 2.08. The van der Waals surface area contributed by atoms with Gasteiger partial charge < -0.3 is 5.73 Å². The van der Waals surface area contributed by atoms with Crippen molar-refractivity contribution in [2.75, 3.05) is 0 Å². The lowest BCUT2D eigenvalue weighted by molar-refractivity contribution is 0.582. The van der Waals surface area contributed by atoms with Gasteiger partial charge in [-0.3, -0.25) is 0 Å². The molecule has 6 nitrogen and oxygen atoms in total. The molecule has 0 unspecified atom stereocenters. The third-order valence-corrected chi connectivity index (χ3v) is 2.38. The van der Waals surface area contributed by atoms with Crippen molar-refractivity contribution in [3.05, 3.63) is 23.0 Å². The summed E-state index contributed by atoms with van der Waals surface area (Å²) in [6, 6.07) is -0.0726. The standard InChI is InChI=1S/C7H10N6S/c1-5(8)7-2-9-11-13(7)3-6-4-14-12-10-6/h2,4-5H,3,8H2,1H3/t5-/m1/s1. The molecule has 2 rings (SSSR count). The van der Waals surface area contributed by atoms with Crippen LogP contribution in [0.3, 0.4) is 0 Å². The molecule has 7 heteroatoms. The van der Waals surface area contributed by atoms with E-state index < -0.39 is 0 Å². The van der Waals surface area contributed by atoms with Gasteiger partial charge in [0, 0.05) is 11.4 Å². The first kappa shape index (κ1) is 9.22. The topological polar surface area (TPSA) is 82.5 Å². The van der Waals surface area contributed by atoms with Gasteiger partial charge in [0.1, 0.15) is 0 Å². The van der Waals surface area contributed by atoms with E-state index in [1.807, 2.05) is 12.3 Å². The largest absolute Gasteiger partial charge is 0.323 e. The molecule has 0 aromatic carbocycles. The van der Waals surface area contributed by atoms with E-state index in [1.54, 1.807) is 10.9 Å². The van der Waals surface area contributed by atoms with E-state index >= 15 is 0 Å². The Balaban J connectivity index is 2.21. The summed E-state index contributed by atoms with van der Waals surface area (Å²) >= 11 is 1.32. The molecule has 2 N–H and O–H groups in total. The molecule has 14 heavy (non-hydrogen) atoms. The van der Waals surface area contributed by atoms with Gasteiger partial charge >= 0.3 is 0 Å². The Labute approximate surface area is 84.9 Å². The molecule has 0 saturated heterocycles. The van der Waals surface area contributed by atoms with Crippen LogP contribution in [0.15, 0.2) is 11.6 Å². The summed E-state index contributed by atoms with van der Waals surface area (Å²) in [6.07, 6.45) is 1.67. The van der Waals surface area contributed by atoms with E-state index in [2.05, 4.69) is 19.9 Å². The zero-order valence-corrected chi connectivity index (χ0v) is 8.48. The van der Waals surface area contributed by atoms with Gasteiger partial charge in [0.25, 0.3) is 0 Å². The summed E-state index contributed by atoms with van der Waals surface area (Å²) in [5.74, 6) is 0. The minimum absolute atomic E-state index is 0.0726. The Hall–Kier alpha value is -1.34. The zero-order valence-electron chi connectivity index (χ0n) is 7.66. The van der Waals surface area contributed by atoms with Crippen LogP contribution >= 0.6 is 11.5 Å². The highest BCUT2D eigenvalue weighted by molar-refractivity contribution is 7.03. The second-order valence-corrected chi connectivity index (χ2v) is 3.61. The molecule has 0 amide bonds. The van der Waals surface area contributed by atoms with Gasteiger partial charge in [-0.25, -0.2) is 4.68 Å². The predicted molar refractivity (Wildman–Crippen MR) is 51.6 cm³/mol. The van der Waals surface area contributed by atoms with Crippen molar-refractivity contribution in [1.82, 2.24) is 24.6 Å². The van der Waals surface area contributed by atoms with Crippen molar-refractivity contribution in [2.24, 2.45) is 5.73 Å². The first-order chi connectivity index (χ1) is 6.77. The molecule has 0 aliphatic heterocycles. The van der Waals surface area contributed by atoms with Crippen LogP contribution < -0.4 is 5.73 Å². The molecule has 0 saturated carbocycles. The average molecular weight is 210 g/mol. The van der Waals surface area contributed by atoms with Crippen molar-refractivity contribution in [3.63, 3.8) is 0 Å². The fourth-order valence-corrected chi connectivity index (χ4v) is 1.59. The lowest BCUT2D eigenvalue weighted by atomic mass is 10.3. The monoisotopic (exact) mass is 210 g/mol. The average Bonchev–Trinajstić information content (AvgIpc) is 2.75. The normalized spacial score (nSPS) is 13.0. The van der Waals surface area contributed by atoms with E-state index in [1.165, 1.54) is 11.5 Å². The third-order valence-electron chi connectivity index (χ3n) is 1.83. The van der Waals surface area contributed by atoms with Crippen molar-refractivity contribution in [3.8, 4) is 0 Å². The maximum Gasteiger partial charge on any atom is 0.0971 e. The third kappa shape index (κ3) is 1.78. The van der Waals surface area contributed by atoms with Crippen molar-refractivity contribution in [2.45, 2.75) is 19.5 Å². The Kier molecular flexibility index (Phi) is 2.51. The van der Waals surface area contributed by atoms with E-state index in [4.69, 9.17) is 5.73 Å². The molecule has 0 bridgehead atoms. The second kappa shape index (κ2) is 3.81. The number of aromatic nitrogens is 5. The molecule has 1 atom stereocenters. The van der Waals surface area contributed by atoms with Crippen LogP contribution in [0.5, 0.6) is 0 Å².